The molecule has 0 N–H and O–H groups in total. The first-order chi connectivity index (χ1) is 14.3. The number of halogens is 1. The molecular weight excluding hydrogens is 392 g/mol. The molecule has 146 valence electrons. The first-order valence-electron chi connectivity index (χ1n) is 9.56. The lowest BCUT2D eigenvalue weighted by atomic mass is 9.93. The summed E-state index contributed by atoms with van der Waals surface area (Å²) in [5, 5.41) is 21.3. The van der Waals surface area contributed by atoms with Crippen molar-refractivity contribution in [2.75, 3.05) is 0 Å². The smallest absolute Gasteiger partial charge is 0.143 e. The molecule has 0 spiro atoms. The summed E-state index contributed by atoms with van der Waals surface area (Å²) in [6.45, 7) is 6.20. The lowest BCUT2D eigenvalue weighted by Gasteiger charge is -2.22. The van der Waals surface area contributed by atoms with Crippen molar-refractivity contribution >= 4 is 22.6 Å². The molecule has 2 heterocycles. The van der Waals surface area contributed by atoms with Crippen molar-refractivity contribution < 1.29 is 0 Å². The van der Waals surface area contributed by atoms with Crippen LogP contribution in [0, 0.1) is 22.7 Å². The van der Waals surface area contributed by atoms with Gasteiger partial charge in [-0.25, -0.2) is 4.98 Å². The van der Waals surface area contributed by atoms with E-state index in [1.807, 2.05) is 53.2 Å². The van der Waals surface area contributed by atoms with Crippen LogP contribution in [0.25, 0.3) is 33.4 Å². The van der Waals surface area contributed by atoms with Gasteiger partial charge in [0.1, 0.15) is 17.8 Å². The zero-order valence-corrected chi connectivity index (χ0v) is 17.7. The van der Waals surface area contributed by atoms with Crippen molar-refractivity contribution in [3.8, 4) is 34.5 Å². The Labute approximate surface area is 180 Å². The van der Waals surface area contributed by atoms with E-state index in [1.165, 1.54) is 0 Å². The second-order valence-electron chi connectivity index (χ2n) is 8.09. The summed E-state index contributed by atoms with van der Waals surface area (Å²) in [7, 11) is 0. The maximum atomic E-state index is 10.2. The van der Waals surface area contributed by atoms with Crippen molar-refractivity contribution in [3.05, 3.63) is 76.9 Å². The summed E-state index contributed by atoms with van der Waals surface area (Å²) in [5.74, 6) is 0. The van der Waals surface area contributed by atoms with E-state index < -0.39 is 0 Å². The van der Waals surface area contributed by atoms with E-state index >= 15 is 0 Å². The SMILES string of the molecule is CC(C)(C)n1cc(C#N)c2c(-c3ccc(Cl)cc3)c(C#N)c(-c3ccccc3)nc21. The third kappa shape index (κ3) is 3.22. The molecule has 0 amide bonds. The third-order valence-corrected chi connectivity index (χ3v) is 5.32. The Morgan fingerprint density at radius 3 is 2.13 bits per heavy atom. The average molecular weight is 411 g/mol. The number of benzene rings is 2. The van der Waals surface area contributed by atoms with Crippen molar-refractivity contribution in [1.82, 2.24) is 9.55 Å². The van der Waals surface area contributed by atoms with E-state index in [9.17, 15) is 10.5 Å². The van der Waals surface area contributed by atoms with Gasteiger partial charge >= 0.3 is 0 Å². The van der Waals surface area contributed by atoms with Crippen molar-refractivity contribution in [2.45, 2.75) is 26.3 Å². The van der Waals surface area contributed by atoms with Gasteiger partial charge in [-0.1, -0.05) is 54.1 Å². The minimum Gasteiger partial charge on any atom is -0.326 e. The Balaban J connectivity index is 2.24. The summed E-state index contributed by atoms with van der Waals surface area (Å²) in [4.78, 5) is 4.92. The monoisotopic (exact) mass is 410 g/mol. The zero-order chi connectivity index (χ0) is 21.5. The third-order valence-electron chi connectivity index (χ3n) is 5.07. The Bertz CT molecular complexity index is 1330. The average Bonchev–Trinajstić information content (AvgIpc) is 3.12. The minimum absolute atomic E-state index is 0.292. The maximum Gasteiger partial charge on any atom is 0.143 e. The van der Waals surface area contributed by atoms with E-state index in [4.69, 9.17) is 16.6 Å². The molecule has 0 aliphatic rings. The summed E-state index contributed by atoms with van der Waals surface area (Å²) < 4.78 is 2.01. The number of aromatic nitrogens is 2. The van der Waals surface area contributed by atoms with Gasteiger partial charge in [0.15, 0.2) is 0 Å². The molecule has 2 aromatic carbocycles. The quantitative estimate of drug-likeness (QED) is 0.377. The largest absolute Gasteiger partial charge is 0.326 e. The number of fused-ring (bicyclic) bond motifs is 1. The molecule has 2 aromatic heterocycles. The number of hydrogen-bond acceptors (Lipinski definition) is 3. The number of nitrogens with zero attached hydrogens (tertiary/aromatic N) is 4. The van der Waals surface area contributed by atoms with Gasteiger partial charge in [-0.05, 0) is 38.5 Å². The highest BCUT2D eigenvalue weighted by Crippen LogP contribution is 2.40. The second-order valence-corrected chi connectivity index (χ2v) is 8.53. The molecule has 4 nitrogen and oxygen atoms in total. The molecule has 0 aliphatic carbocycles. The van der Waals surface area contributed by atoms with Crippen LogP contribution in [-0.4, -0.2) is 9.55 Å². The van der Waals surface area contributed by atoms with Crippen LogP contribution in [0.5, 0.6) is 0 Å². The number of hydrogen-bond donors (Lipinski definition) is 0. The van der Waals surface area contributed by atoms with Gasteiger partial charge < -0.3 is 4.57 Å². The second kappa shape index (κ2) is 7.34. The van der Waals surface area contributed by atoms with Gasteiger partial charge in [0.25, 0.3) is 0 Å². The van der Waals surface area contributed by atoms with Crippen LogP contribution in [0.4, 0.5) is 0 Å². The number of pyridine rings is 1. The van der Waals surface area contributed by atoms with Gasteiger partial charge in [0, 0.05) is 33.3 Å². The summed E-state index contributed by atoms with van der Waals surface area (Å²) in [5.41, 5.74) is 4.31. The van der Waals surface area contributed by atoms with E-state index in [0.29, 0.717) is 38.4 Å². The molecule has 0 atom stereocenters. The first-order valence-corrected chi connectivity index (χ1v) is 9.94. The molecule has 4 rings (SSSR count). The summed E-state index contributed by atoms with van der Waals surface area (Å²) in [6, 6.07) is 21.6. The van der Waals surface area contributed by atoms with Crippen LogP contribution in [0.15, 0.2) is 60.8 Å². The standard InChI is InChI=1S/C25H19ClN4/c1-25(2,3)30-15-18(13-27)22-21(16-9-11-19(26)12-10-16)20(14-28)23(29-24(22)30)17-7-5-4-6-8-17/h4-12,15H,1-3H3. The summed E-state index contributed by atoms with van der Waals surface area (Å²) in [6.07, 6.45) is 1.83. The minimum atomic E-state index is -0.292. The molecular formula is C25H19ClN4. The van der Waals surface area contributed by atoms with E-state index in [0.717, 1.165) is 11.1 Å². The highest BCUT2D eigenvalue weighted by Gasteiger charge is 2.26. The van der Waals surface area contributed by atoms with Crippen LogP contribution in [0.2, 0.25) is 5.02 Å². The molecule has 0 saturated heterocycles. The number of nitriles is 2. The molecule has 0 fully saturated rings. The molecule has 4 aromatic rings. The Kier molecular flexibility index (Phi) is 4.82. The Morgan fingerprint density at radius 1 is 0.900 bits per heavy atom. The molecule has 0 unspecified atom stereocenters. The molecule has 30 heavy (non-hydrogen) atoms. The van der Waals surface area contributed by atoms with Gasteiger partial charge in [-0.3, -0.25) is 0 Å². The predicted octanol–water partition coefficient (Wildman–Crippen LogP) is 6.52. The first kappa shape index (κ1) is 19.7. The topological polar surface area (TPSA) is 65.4 Å². The fourth-order valence-electron chi connectivity index (χ4n) is 3.67. The fourth-order valence-corrected chi connectivity index (χ4v) is 3.80. The van der Waals surface area contributed by atoms with Gasteiger partial charge in [-0.2, -0.15) is 10.5 Å². The molecule has 0 saturated carbocycles. The maximum absolute atomic E-state index is 10.2. The Hall–Kier alpha value is -3.60. The summed E-state index contributed by atoms with van der Waals surface area (Å²) >= 11 is 6.11. The van der Waals surface area contributed by atoms with E-state index in [1.54, 1.807) is 12.1 Å². The molecule has 0 aliphatic heterocycles. The van der Waals surface area contributed by atoms with Crippen molar-refractivity contribution in [1.29, 1.82) is 10.5 Å². The lowest BCUT2D eigenvalue weighted by molar-refractivity contribution is 0.408. The molecule has 0 radical (unpaired) electrons. The van der Waals surface area contributed by atoms with Crippen molar-refractivity contribution in [2.24, 2.45) is 0 Å². The lowest BCUT2D eigenvalue weighted by Crippen LogP contribution is -2.21. The van der Waals surface area contributed by atoms with Crippen LogP contribution in [0.1, 0.15) is 31.9 Å². The van der Waals surface area contributed by atoms with Crippen LogP contribution >= 0.6 is 11.6 Å². The number of rotatable bonds is 2. The molecule has 0 bridgehead atoms. The fraction of sp³-hybridized carbons (Fsp3) is 0.160. The highest BCUT2D eigenvalue weighted by molar-refractivity contribution is 6.30. The van der Waals surface area contributed by atoms with E-state index in [2.05, 4.69) is 32.9 Å². The molecule has 5 heteroatoms. The van der Waals surface area contributed by atoms with E-state index in [-0.39, 0.29) is 5.54 Å². The van der Waals surface area contributed by atoms with Gasteiger partial charge in [0.05, 0.1) is 16.8 Å². The highest BCUT2D eigenvalue weighted by atomic mass is 35.5. The van der Waals surface area contributed by atoms with Gasteiger partial charge in [-0.15, -0.1) is 0 Å². The van der Waals surface area contributed by atoms with Crippen molar-refractivity contribution in [3.63, 3.8) is 0 Å². The van der Waals surface area contributed by atoms with Gasteiger partial charge in [0.2, 0.25) is 0 Å². The zero-order valence-electron chi connectivity index (χ0n) is 16.9. The Morgan fingerprint density at radius 2 is 1.57 bits per heavy atom. The predicted molar refractivity (Wildman–Crippen MR) is 120 cm³/mol. The van der Waals surface area contributed by atoms with Crippen LogP contribution < -0.4 is 0 Å². The van der Waals surface area contributed by atoms with Crippen LogP contribution in [0.3, 0.4) is 0 Å². The van der Waals surface area contributed by atoms with Crippen LogP contribution in [-0.2, 0) is 5.54 Å². The normalized spacial score (nSPS) is 11.3.